The van der Waals surface area contributed by atoms with Gasteiger partial charge in [0.15, 0.2) is 6.04 Å². The van der Waals surface area contributed by atoms with Gasteiger partial charge in [0.25, 0.3) is 0 Å². The number of carbonyl (C=O) groups excluding carboxylic acids is 1. The van der Waals surface area contributed by atoms with E-state index in [0.717, 1.165) is 16.1 Å². The Labute approximate surface area is 122 Å². The Kier molecular flexibility index (Phi) is 4.63. The van der Waals surface area contributed by atoms with Gasteiger partial charge in [-0.25, -0.2) is 4.79 Å². The highest BCUT2D eigenvalue weighted by molar-refractivity contribution is 7.10. The van der Waals surface area contributed by atoms with Gasteiger partial charge in [0.1, 0.15) is 5.75 Å². The molecular weight excluding hydrogens is 274 g/mol. The summed E-state index contributed by atoms with van der Waals surface area (Å²) >= 11 is 1.53. The summed E-state index contributed by atoms with van der Waals surface area (Å²) < 4.78 is 10.2. The monoisotopic (exact) mass is 291 g/mol. The number of carbonyl (C=O) groups is 1. The summed E-state index contributed by atoms with van der Waals surface area (Å²) in [5.41, 5.74) is 1.82. The molecule has 106 valence electrons. The van der Waals surface area contributed by atoms with Crippen molar-refractivity contribution in [2.75, 3.05) is 19.5 Å². The molecule has 0 saturated carbocycles. The highest BCUT2D eigenvalue weighted by atomic mass is 32.1. The number of rotatable bonds is 5. The van der Waals surface area contributed by atoms with Crippen molar-refractivity contribution >= 4 is 23.0 Å². The van der Waals surface area contributed by atoms with Crippen LogP contribution in [0, 0.1) is 6.92 Å². The summed E-state index contributed by atoms with van der Waals surface area (Å²) in [5.74, 6) is 0.372. The van der Waals surface area contributed by atoms with Crippen molar-refractivity contribution in [2.24, 2.45) is 0 Å². The van der Waals surface area contributed by atoms with Crippen LogP contribution in [-0.2, 0) is 9.53 Å². The van der Waals surface area contributed by atoms with Crippen LogP contribution in [0.3, 0.4) is 0 Å². The smallest absolute Gasteiger partial charge is 0.333 e. The van der Waals surface area contributed by atoms with E-state index in [9.17, 15) is 4.79 Å². The maximum atomic E-state index is 12.0. The minimum Gasteiger partial charge on any atom is -0.495 e. The Balaban J connectivity index is 2.34. The summed E-state index contributed by atoms with van der Waals surface area (Å²) in [7, 11) is 2.99. The molecule has 0 spiro atoms. The number of hydrogen-bond acceptors (Lipinski definition) is 5. The van der Waals surface area contributed by atoms with Gasteiger partial charge >= 0.3 is 5.97 Å². The second kappa shape index (κ2) is 6.43. The largest absolute Gasteiger partial charge is 0.495 e. The van der Waals surface area contributed by atoms with Crippen molar-refractivity contribution < 1.29 is 14.3 Å². The molecule has 2 aromatic rings. The molecule has 1 aromatic carbocycles. The molecule has 0 bridgehead atoms. The van der Waals surface area contributed by atoms with Gasteiger partial charge in [0.2, 0.25) is 0 Å². The molecule has 1 N–H and O–H groups in total. The topological polar surface area (TPSA) is 47.6 Å². The van der Waals surface area contributed by atoms with Crippen LogP contribution < -0.4 is 10.1 Å². The third-order valence-electron chi connectivity index (χ3n) is 3.01. The molecule has 2 rings (SSSR count). The number of hydrogen-bond donors (Lipinski definition) is 1. The van der Waals surface area contributed by atoms with E-state index in [2.05, 4.69) is 5.32 Å². The molecule has 1 atom stereocenters. The number of benzene rings is 1. The average molecular weight is 291 g/mol. The normalized spacial score (nSPS) is 11.8. The van der Waals surface area contributed by atoms with Crippen LogP contribution in [0.15, 0.2) is 35.7 Å². The van der Waals surface area contributed by atoms with Crippen LogP contribution in [0.25, 0.3) is 0 Å². The van der Waals surface area contributed by atoms with E-state index in [1.165, 1.54) is 18.4 Å². The minimum atomic E-state index is -0.531. The molecule has 0 radical (unpaired) electrons. The van der Waals surface area contributed by atoms with Crippen molar-refractivity contribution in [3.8, 4) is 5.75 Å². The average Bonchev–Trinajstić information content (AvgIpc) is 2.90. The van der Waals surface area contributed by atoms with Crippen LogP contribution in [0.1, 0.15) is 16.5 Å². The zero-order chi connectivity index (χ0) is 14.5. The quantitative estimate of drug-likeness (QED) is 0.858. The van der Waals surface area contributed by atoms with Gasteiger partial charge in [-0.05, 0) is 36.1 Å². The Morgan fingerprint density at radius 3 is 2.60 bits per heavy atom. The SMILES string of the molecule is COC(=O)C(Nc1ccccc1OC)c1sccc1C. The van der Waals surface area contributed by atoms with Crippen molar-refractivity contribution in [2.45, 2.75) is 13.0 Å². The molecule has 1 heterocycles. The first-order chi connectivity index (χ1) is 9.67. The third kappa shape index (κ3) is 2.93. The summed E-state index contributed by atoms with van der Waals surface area (Å²) in [4.78, 5) is 13.0. The number of ether oxygens (including phenoxy) is 2. The lowest BCUT2D eigenvalue weighted by molar-refractivity contribution is -0.141. The van der Waals surface area contributed by atoms with Gasteiger partial charge in [0, 0.05) is 4.88 Å². The molecule has 0 amide bonds. The summed E-state index contributed by atoms with van der Waals surface area (Å²) in [6.07, 6.45) is 0. The molecule has 0 fully saturated rings. The predicted molar refractivity (Wildman–Crippen MR) is 80.4 cm³/mol. The predicted octanol–water partition coefficient (Wildman–Crippen LogP) is 3.39. The second-order valence-electron chi connectivity index (χ2n) is 4.27. The highest BCUT2D eigenvalue weighted by Gasteiger charge is 2.25. The van der Waals surface area contributed by atoms with E-state index in [0.29, 0.717) is 5.75 Å². The maximum absolute atomic E-state index is 12.0. The standard InChI is InChI=1S/C15H17NO3S/c1-10-8-9-20-14(10)13(15(17)19-3)16-11-6-4-5-7-12(11)18-2/h4-9,13,16H,1-3H3. The van der Waals surface area contributed by atoms with Gasteiger partial charge in [-0.1, -0.05) is 12.1 Å². The van der Waals surface area contributed by atoms with Crippen molar-refractivity contribution in [3.05, 3.63) is 46.2 Å². The summed E-state index contributed by atoms with van der Waals surface area (Å²) in [5, 5.41) is 5.17. The van der Waals surface area contributed by atoms with Gasteiger partial charge in [-0.15, -0.1) is 11.3 Å². The van der Waals surface area contributed by atoms with E-state index < -0.39 is 6.04 Å². The van der Waals surface area contributed by atoms with Gasteiger partial charge in [-0.2, -0.15) is 0 Å². The first-order valence-electron chi connectivity index (χ1n) is 6.18. The minimum absolute atomic E-state index is 0.318. The van der Waals surface area contributed by atoms with E-state index in [4.69, 9.17) is 9.47 Å². The number of anilines is 1. The number of methoxy groups -OCH3 is 2. The van der Waals surface area contributed by atoms with Crippen molar-refractivity contribution in [1.82, 2.24) is 0 Å². The third-order valence-corrected chi connectivity index (χ3v) is 4.09. The van der Waals surface area contributed by atoms with Gasteiger partial charge in [-0.3, -0.25) is 0 Å². The van der Waals surface area contributed by atoms with Crippen LogP contribution in [-0.4, -0.2) is 20.2 Å². The van der Waals surface area contributed by atoms with Crippen LogP contribution in [0.2, 0.25) is 0 Å². The van der Waals surface area contributed by atoms with Gasteiger partial charge in [0.05, 0.1) is 19.9 Å². The Morgan fingerprint density at radius 2 is 2.00 bits per heavy atom. The second-order valence-corrected chi connectivity index (χ2v) is 5.22. The molecule has 4 nitrogen and oxygen atoms in total. The fraction of sp³-hybridized carbons (Fsp3) is 0.267. The fourth-order valence-corrected chi connectivity index (χ4v) is 2.91. The lowest BCUT2D eigenvalue weighted by atomic mass is 10.1. The maximum Gasteiger partial charge on any atom is 0.333 e. The van der Waals surface area contributed by atoms with E-state index in [-0.39, 0.29) is 5.97 Å². The number of para-hydroxylation sites is 2. The number of aryl methyl sites for hydroxylation is 1. The van der Waals surface area contributed by atoms with E-state index in [1.54, 1.807) is 7.11 Å². The van der Waals surface area contributed by atoms with Crippen LogP contribution >= 0.6 is 11.3 Å². The molecule has 0 aliphatic carbocycles. The Morgan fingerprint density at radius 1 is 1.25 bits per heavy atom. The first-order valence-corrected chi connectivity index (χ1v) is 7.06. The highest BCUT2D eigenvalue weighted by Crippen LogP contribution is 2.32. The molecule has 0 aliphatic heterocycles. The molecule has 20 heavy (non-hydrogen) atoms. The van der Waals surface area contributed by atoms with Gasteiger partial charge < -0.3 is 14.8 Å². The summed E-state index contributed by atoms with van der Waals surface area (Å²) in [6.45, 7) is 1.98. The number of esters is 1. The molecule has 0 aliphatic rings. The number of nitrogens with one attached hydrogen (secondary N) is 1. The molecule has 5 heteroatoms. The van der Waals surface area contributed by atoms with E-state index >= 15 is 0 Å². The van der Waals surface area contributed by atoms with Crippen molar-refractivity contribution in [1.29, 1.82) is 0 Å². The summed E-state index contributed by atoms with van der Waals surface area (Å²) in [6, 6.07) is 8.94. The first kappa shape index (κ1) is 14.4. The van der Waals surface area contributed by atoms with Crippen LogP contribution in [0.4, 0.5) is 5.69 Å². The Hall–Kier alpha value is -2.01. The van der Waals surface area contributed by atoms with E-state index in [1.807, 2.05) is 42.6 Å². The fourth-order valence-electron chi connectivity index (χ4n) is 1.95. The molecule has 0 saturated heterocycles. The molecular formula is C15H17NO3S. The lowest BCUT2D eigenvalue weighted by Crippen LogP contribution is -2.22. The van der Waals surface area contributed by atoms with Crippen molar-refractivity contribution in [3.63, 3.8) is 0 Å². The zero-order valence-electron chi connectivity index (χ0n) is 11.7. The van der Waals surface area contributed by atoms with Crippen LogP contribution in [0.5, 0.6) is 5.75 Å². The molecule has 1 aromatic heterocycles. The lowest BCUT2D eigenvalue weighted by Gasteiger charge is -2.19. The zero-order valence-corrected chi connectivity index (χ0v) is 12.5. The molecule has 1 unspecified atom stereocenters. The Bertz CT molecular complexity index is 594. The number of thiophene rings is 1.